The fraction of sp³-hybridized carbons (Fsp3) is 0.538. The van der Waals surface area contributed by atoms with Gasteiger partial charge in [-0.2, -0.15) is 0 Å². The second kappa shape index (κ2) is 5.17. The molecule has 0 radical (unpaired) electrons. The van der Waals surface area contributed by atoms with Crippen molar-refractivity contribution in [2.75, 3.05) is 0 Å². The topological polar surface area (TPSA) is 59.4 Å². The molecular weight excluding hydrogens is 218 g/mol. The van der Waals surface area contributed by atoms with Crippen molar-refractivity contribution in [2.24, 2.45) is 0 Å². The van der Waals surface area contributed by atoms with Gasteiger partial charge in [-0.15, -0.1) is 0 Å². The first-order valence-corrected chi connectivity index (χ1v) is 5.65. The number of carboxylic acid groups (broad SMARTS) is 1. The summed E-state index contributed by atoms with van der Waals surface area (Å²) in [5.74, 6) is -0.138. The van der Waals surface area contributed by atoms with Gasteiger partial charge < -0.3 is 9.84 Å². The van der Waals surface area contributed by atoms with Crippen molar-refractivity contribution in [3.63, 3.8) is 0 Å². The minimum atomic E-state index is -0.815. The average Bonchev–Trinajstić information content (AvgIpc) is 2.15. The van der Waals surface area contributed by atoms with Gasteiger partial charge in [0.25, 0.3) is 0 Å². The number of hydrogen-bond donors (Lipinski definition) is 1. The Labute approximate surface area is 102 Å². The molecule has 1 aromatic rings. The Balaban J connectivity index is 2.94. The van der Waals surface area contributed by atoms with E-state index in [4.69, 9.17) is 9.84 Å². The van der Waals surface area contributed by atoms with Gasteiger partial charge in [0, 0.05) is 11.6 Å². The highest BCUT2D eigenvalue weighted by molar-refractivity contribution is 5.68. The van der Waals surface area contributed by atoms with Crippen LogP contribution >= 0.6 is 0 Å². The van der Waals surface area contributed by atoms with Crippen LogP contribution in [0.2, 0.25) is 0 Å². The van der Waals surface area contributed by atoms with Gasteiger partial charge in [0.2, 0.25) is 0 Å². The van der Waals surface area contributed by atoms with Crippen molar-refractivity contribution in [3.05, 3.63) is 24.0 Å². The summed E-state index contributed by atoms with van der Waals surface area (Å²) in [5, 5.41) is 8.87. The second-order valence-electron chi connectivity index (χ2n) is 5.03. The standard InChI is InChI=1S/C13H19NO3/c1-9(2)17-11-5-10(7-14-8-11)13(3,4)6-12(15)16/h5,7-9H,6H2,1-4H3,(H,15,16). The monoisotopic (exact) mass is 237 g/mol. The van der Waals surface area contributed by atoms with Crippen molar-refractivity contribution >= 4 is 5.97 Å². The Kier molecular flexibility index (Phi) is 4.10. The Hall–Kier alpha value is -1.58. The first-order valence-electron chi connectivity index (χ1n) is 5.65. The molecule has 1 N–H and O–H groups in total. The van der Waals surface area contributed by atoms with Crippen LogP contribution in [0.5, 0.6) is 5.75 Å². The van der Waals surface area contributed by atoms with Crippen LogP contribution in [-0.2, 0) is 10.2 Å². The number of nitrogens with zero attached hydrogens (tertiary/aromatic N) is 1. The summed E-state index contributed by atoms with van der Waals surface area (Å²) in [7, 11) is 0. The maximum Gasteiger partial charge on any atom is 0.304 e. The number of carboxylic acids is 1. The molecular formula is C13H19NO3. The van der Waals surface area contributed by atoms with E-state index in [1.165, 1.54) is 0 Å². The number of hydrogen-bond acceptors (Lipinski definition) is 3. The van der Waals surface area contributed by atoms with E-state index >= 15 is 0 Å². The molecule has 1 rings (SSSR count). The lowest BCUT2D eigenvalue weighted by atomic mass is 9.82. The quantitative estimate of drug-likeness (QED) is 0.855. The van der Waals surface area contributed by atoms with Crippen LogP contribution in [0.3, 0.4) is 0 Å². The Bertz CT molecular complexity index is 399. The van der Waals surface area contributed by atoms with Crippen LogP contribution < -0.4 is 4.74 Å². The fourth-order valence-electron chi connectivity index (χ4n) is 1.61. The summed E-state index contributed by atoms with van der Waals surface area (Å²) < 4.78 is 5.55. The van der Waals surface area contributed by atoms with Crippen molar-refractivity contribution in [2.45, 2.75) is 45.6 Å². The molecule has 0 saturated carbocycles. The molecule has 0 bridgehead atoms. The van der Waals surface area contributed by atoms with Gasteiger partial charge in [-0.25, -0.2) is 0 Å². The third kappa shape index (κ3) is 4.06. The van der Waals surface area contributed by atoms with E-state index in [1.807, 2.05) is 33.8 Å². The average molecular weight is 237 g/mol. The predicted molar refractivity (Wildman–Crippen MR) is 65.3 cm³/mol. The zero-order valence-corrected chi connectivity index (χ0v) is 10.7. The van der Waals surface area contributed by atoms with Gasteiger partial charge in [-0.1, -0.05) is 13.8 Å². The van der Waals surface area contributed by atoms with Gasteiger partial charge in [0.05, 0.1) is 18.7 Å². The lowest BCUT2D eigenvalue weighted by Gasteiger charge is -2.23. The highest BCUT2D eigenvalue weighted by atomic mass is 16.5. The molecule has 0 aliphatic rings. The van der Waals surface area contributed by atoms with E-state index in [9.17, 15) is 4.79 Å². The number of carbonyl (C=O) groups is 1. The van der Waals surface area contributed by atoms with E-state index in [1.54, 1.807) is 12.4 Å². The molecule has 0 unspecified atom stereocenters. The van der Waals surface area contributed by atoms with E-state index in [-0.39, 0.29) is 12.5 Å². The molecule has 0 aliphatic carbocycles. The zero-order chi connectivity index (χ0) is 13.1. The van der Waals surface area contributed by atoms with Crippen LogP contribution in [0.4, 0.5) is 0 Å². The molecule has 4 heteroatoms. The Morgan fingerprint density at radius 3 is 2.65 bits per heavy atom. The molecule has 0 aliphatic heterocycles. The smallest absolute Gasteiger partial charge is 0.304 e. The molecule has 17 heavy (non-hydrogen) atoms. The number of pyridine rings is 1. The van der Waals surface area contributed by atoms with Gasteiger partial charge in [0.1, 0.15) is 5.75 Å². The minimum Gasteiger partial charge on any atom is -0.489 e. The van der Waals surface area contributed by atoms with Crippen molar-refractivity contribution < 1.29 is 14.6 Å². The summed E-state index contributed by atoms with van der Waals surface area (Å²) in [4.78, 5) is 14.9. The first kappa shape index (κ1) is 13.5. The summed E-state index contributed by atoms with van der Waals surface area (Å²) in [6, 6.07) is 1.86. The highest BCUT2D eigenvalue weighted by Gasteiger charge is 2.25. The molecule has 0 amide bonds. The normalized spacial score (nSPS) is 11.6. The third-order valence-corrected chi connectivity index (χ3v) is 2.46. The maximum atomic E-state index is 10.8. The number of ether oxygens (including phenoxy) is 1. The maximum absolute atomic E-state index is 10.8. The molecule has 0 spiro atoms. The molecule has 0 atom stereocenters. The van der Waals surface area contributed by atoms with Crippen molar-refractivity contribution in [1.29, 1.82) is 0 Å². The second-order valence-corrected chi connectivity index (χ2v) is 5.03. The van der Waals surface area contributed by atoms with Crippen LogP contribution in [0, 0.1) is 0 Å². The van der Waals surface area contributed by atoms with Gasteiger partial charge in [0.15, 0.2) is 0 Å². The van der Waals surface area contributed by atoms with E-state index in [2.05, 4.69) is 4.98 Å². The SMILES string of the molecule is CC(C)Oc1cncc(C(C)(C)CC(=O)O)c1. The lowest BCUT2D eigenvalue weighted by molar-refractivity contribution is -0.138. The predicted octanol–water partition coefficient (Wildman–Crippen LogP) is 2.62. The van der Waals surface area contributed by atoms with E-state index in [0.717, 1.165) is 5.56 Å². The van der Waals surface area contributed by atoms with Crippen LogP contribution in [0.15, 0.2) is 18.5 Å². The molecule has 0 aromatic carbocycles. The lowest BCUT2D eigenvalue weighted by Crippen LogP contribution is -2.22. The van der Waals surface area contributed by atoms with Crippen molar-refractivity contribution in [3.8, 4) is 5.75 Å². The number of aromatic nitrogens is 1. The van der Waals surface area contributed by atoms with E-state index in [0.29, 0.717) is 5.75 Å². The Morgan fingerprint density at radius 2 is 2.12 bits per heavy atom. The number of aliphatic carboxylic acids is 1. The Morgan fingerprint density at radius 1 is 1.47 bits per heavy atom. The molecule has 0 saturated heterocycles. The van der Waals surface area contributed by atoms with E-state index < -0.39 is 11.4 Å². The number of rotatable bonds is 5. The first-order chi connectivity index (χ1) is 7.81. The molecule has 0 fully saturated rings. The minimum absolute atomic E-state index is 0.0693. The molecule has 94 valence electrons. The summed E-state index contributed by atoms with van der Waals surface area (Å²) >= 11 is 0. The summed E-state index contributed by atoms with van der Waals surface area (Å²) in [6.45, 7) is 7.65. The van der Waals surface area contributed by atoms with Crippen molar-refractivity contribution in [1.82, 2.24) is 4.98 Å². The largest absolute Gasteiger partial charge is 0.489 e. The summed E-state index contributed by atoms with van der Waals surface area (Å²) in [5.41, 5.74) is 0.424. The fourth-order valence-corrected chi connectivity index (χ4v) is 1.61. The van der Waals surface area contributed by atoms with Gasteiger partial charge >= 0.3 is 5.97 Å². The zero-order valence-electron chi connectivity index (χ0n) is 10.7. The van der Waals surface area contributed by atoms with Crippen LogP contribution in [-0.4, -0.2) is 22.2 Å². The van der Waals surface area contributed by atoms with Gasteiger partial charge in [-0.3, -0.25) is 9.78 Å². The molecule has 1 aromatic heterocycles. The summed E-state index contributed by atoms with van der Waals surface area (Å²) in [6.07, 6.45) is 3.48. The van der Waals surface area contributed by atoms with Gasteiger partial charge in [-0.05, 0) is 25.5 Å². The molecule has 4 nitrogen and oxygen atoms in total. The highest BCUT2D eigenvalue weighted by Crippen LogP contribution is 2.28. The van der Waals surface area contributed by atoms with Crippen LogP contribution in [0.25, 0.3) is 0 Å². The molecule has 1 heterocycles. The third-order valence-electron chi connectivity index (χ3n) is 2.46. The van der Waals surface area contributed by atoms with Crippen LogP contribution in [0.1, 0.15) is 39.7 Å².